The molecule has 1 heterocycles. The van der Waals surface area contributed by atoms with Gasteiger partial charge in [0.05, 0.1) is 8.81 Å². The van der Waals surface area contributed by atoms with Crippen LogP contribution in [0.25, 0.3) is 0 Å². The third-order valence-electron chi connectivity index (χ3n) is 2.92. The van der Waals surface area contributed by atoms with Gasteiger partial charge in [-0.1, -0.05) is 41.4 Å². The molecule has 0 saturated carbocycles. The molecule has 0 radical (unpaired) electrons. The highest BCUT2D eigenvalue weighted by Gasteiger charge is 2.14. The Balaban J connectivity index is 2.16. The summed E-state index contributed by atoms with van der Waals surface area (Å²) < 4.78 is 1.00. The maximum atomic E-state index is 6.09. The molecule has 1 aromatic heterocycles. The Morgan fingerprint density at radius 3 is 2.50 bits per heavy atom. The van der Waals surface area contributed by atoms with Crippen molar-refractivity contribution in [3.8, 4) is 0 Å². The lowest BCUT2D eigenvalue weighted by molar-refractivity contribution is 0.602. The molecule has 1 aromatic carbocycles. The second kappa shape index (κ2) is 6.20. The van der Waals surface area contributed by atoms with E-state index in [1.165, 1.54) is 16.0 Å². The molecular formula is C14H15BrClNS. The third kappa shape index (κ3) is 3.35. The van der Waals surface area contributed by atoms with Crippen LogP contribution >= 0.6 is 38.9 Å². The summed E-state index contributed by atoms with van der Waals surface area (Å²) in [5.41, 5.74) is 2.63. The molecule has 0 fully saturated rings. The van der Waals surface area contributed by atoms with E-state index in [0.717, 1.165) is 15.2 Å². The highest BCUT2D eigenvalue weighted by atomic mass is 79.9. The van der Waals surface area contributed by atoms with Gasteiger partial charge in [0.15, 0.2) is 0 Å². The SMILES string of the molecule is CNC(Cc1ccc(C)cc1)c1cc(Cl)c(Br)s1. The molecule has 1 unspecified atom stereocenters. The van der Waals surface area contributed by atoms with Gasteiger partial charge >= 0.3 is 0 Å². The first-order chi connectivity index (χ1) is 8.60. The number of hydrogen-bond donors (Lipinski definition) is 1. The number of hydrogen-bond acceptors (Lipinski definition) is 2. The lowest BCUT2D eigenvalue weighted by Gasteiger charge is -2.14. The molecule has 0 bridgehead atoms. The van der Waals surface area contributed by atoms with Gasteiger partial charge in [-0.15, -0.1) is 11.3 Å². The summed E-state index contributed by atoms with van der Waals surface area (Å²) in [6.45, 7) is 2.11. The zero-order chi connectivity index (χ0) is 13.1. The third-order valence-corrected chi connectivity index (χ3v) is 5.50. The molecule has 0 aliphatic carbocycles. The van der Waals surface area contributed by atoms with E-state index in [9.17, 15) is 0 Å². The Morgan fingerprint density at radius 2 is 2.00 bits per heavy atom. The largest absolute Gasteiger partial charge is 0.312 e. The summed E-state index contributed by atoms with van der Waals surface area (Å²) >= 11 is 11.2. The number of benzene rings is 1. The minimum atomic E-state index is 0.307. The second-order valence-corrected chi connectivity index (χ2v) is 7.11. The number of nitrogens with one attached hydrogen (secondary N) is 1. The monoisotopic (exact) mass is 343 g/mol. The maximum Gasteiger partial charge on any atom is 0.0887 e. The van der Waals surface area contributed by atoms with Gasteiger partial charge < -0.3 is 5.32 Å². The van der Waals surface area contributed by atoms with E-state index in [4.69, 9.17) is 11.6 Å². The van der Waals surface area contributed by atoms with Crippen LogP contribution < -0.4 is 5.32 Å². The van der Waals surface area contributed by atoms with Gasteiger partial charge in [-0.05, 0) is 48.0 Å². The molecule has 4 heteroatoms. The molecule has 1 atom stereocenters. The summed E-state index contributed by atoms with van der Waals surface area (Å²) in [5, 5.41) is 4.14. The molecule has 2 aromatic rings. The van der Waals surface area contributed by atoms with E-state index in [0.29, 0.717) is 6.04 Å². The van der Waals surface area contributed by atoms with Crippen LogP contribution in [0.2, 0.25) is 5.02 Å². The topological polar surface area (TPSA) is 12.0 Å². The molecule has 0 aliphatic rings. The molecule has 0 amide bonds. The summed E-state index contributed by atoms with van der Waals surface area (Å²) in [5.74, 6) is 0. The van der Waals surface area contributed by atoms with Crippen LogP contribution in [0.5, 0.6) is 0 Å². The summed E-state index contributed by atoms with van der Waals surface area (Å²) in [6.07, 6.45) is 0.972. The Kier molecular flexibility index (Phi) is 4.84. The highest BCUT2D eigenvalue weighted by molar-refractivity contribution is 9.11. The van der Waals surface area contributed by atoms with Gasteiger partial charge in [-0.3, -0.25) is 0 Å². The van der Waals surface area contributed by atoms with Crippen LogP contribution in [0.1, 0.15) is 22.0 Å². The average molecular weight is 345 g/mol. The minimum absolute atomic E-state index is 0.307. The van der Waals surface area contributed by atoms with Gasteiger partial charge in [-0.25, -0.2) is 0 Å². The van der Waals surface area contributed by atoms with E-state index in [2.05, 4.69) is 52.4 Å². The highest BCUT2D eigenvalue weighted by Crippen LogP contribution is 2.36. The molecule has 96 valence electrons. The van der Waals surface area contributed by atoms with E-state index >= 15 is 0 Å². The van der Waals surface area contributed by atoms with Crippen molar-refractivity contribution in [1.29, 1.82) is 0 Å². The van der Waals surface area contributed by atoms with Crippen molar-refractivity contribution in [2.75, 3.05) is 7.05 Å². The smallest absolute Gasteiger partial charge is 0.0887 e. The van der Waals surface area contributed by atoms with Crippen molar-refractivity contribution in [3.05, 3.63) is 55.1 Å². The number of likely N-dealkylation sites (N-methyl/N-ethyl adjacent to an activating group) is 1. The molecule has 1 nitrogen and oxygen atoms in total. The van der Waals surface area contributed by atoms with E-state index in [1.807, 2.05) is 13.1 Å². The molecular weight excluding hydrogens is 330 g/mol. The van der Waals surface area contributed by atoms with Crippen molar-refractivity contribution >= 4 is 38.9 Å². The Morgan fingerprint density at radius 1 is 1.33 bits per heavy atom. The van der Waals surface area contributed by atoms with Gasteiger partial charge in [0.25, 0.3) is 0 Å². The lowest BCUT2D eigenvalue weighted by Crippen LogP contribution is -2.17. The fourth-order valence-corrected chi connectivity index (χ4v) is 3.70. The van der Waals surface area contributed by atoms with Gasteiger partial charge in [0.2, 0.25) is 0 Å². The van der Waals surface area contributed by atoms with Crippen molar-refractivity contribution < 1.29 is 0 Å². The summed E-state index contributed by atoms with van der Waals surface area (Å²) in [4.78, 5) is 1.26. The van der Waals surface area contributed by atoms with Crippen molar-refractivity contribution in [1.82, 2.24) is 5.32 Å². The molecule has 1 N–H and O–H groups in total. The van der Waals surface area contributed by atoms with Crippen LogP contribution in [0.4, 0.5) is 0 Å². The van der Waals surface area contributed by atoms with Crippen LogP contribution in [0.15, 0.2) is 34.1 Å². The van der Waals surface area contributed by atoms with E-state index in [-0.39, 0.29) is 0 Å². The van der Waals surface area contributed by atoms with Crippen LogP contribution in [0, 0.1) is 6.92 Å². The van der Waals surface area contributed by atoms with Crippen LogP contribution in [-0.4, -0.2) is 7.05 Å². The molecule has 0 spiro atoms. The normalized spacial score (nSPS) is 12.7. The first-order valence-corrected chi connectivity index (χ1v) is 7.76. The lowest BCUT2D eigenvalue weighted by atomic mass is 10.0. The van der Waals surface area contributed by atoms with Crippen molar-refractivity contribution in [2.24, 2.45) is 0 Å². The number of rotatable bonds is 4. The number of thiophene rings is 1. The Bertz CT molecular complexity index is 502. The van der Waals surface area contributed by atoms with Crippen molar-refractivity contribution in [2.45, 2.75) is 19.4 Å². The Hall–Kier alpha value is -0.350. The number of halogens is 2. The van der Waals surface area contributed by atoms with Gasteiger partial charge in [0.1, 0.15) is 0 Å². The fourth-order valence-electron chi connectivity index (χ4n) is 1.84. The fraction of sp³-hybridized carbons (Fsp3) is 0.286. The predicted molar refractivity (Wildman–Crippen MR) is 83.7 cm³/mol. The maximum absolute atomic E-state index is 6.09. The quantitative estimate of drug-likeness (QED) is 0.825. The van der Waals surface area contributed by atoms with Gasteiger partial charge in [-0.2, -0.15) is 0 Å². The van der Waals surface area contributed by atoms with Crippen LogP contribution in [-0.2, 0) is 6.42 Å². The van der Waals surface area contributed by atoms with E-state index in [1.54, 1.807) is 11.3 Å². The van der Waals surface area contributed by atoms with E-state index < -0.39 is 0 Å². The summed E-state index contributed by atoms with van der Waals surface area (Å²) in [6, 6.07) is 11.0. The molecule has 0 saturated heterocycles. The molecule has 18 heavy (non-hydrogen) atoms. The van der Waals surface area contributed by atoms with Gasteiger partial charge in [0, 0.05) is 10.9 Å². The minimum Gasteiger partial charge on any atom is -0.312 e. The second-order valence-electron chi connectivity index (χ2n) is 4.30. The number of aryl methyl sites for hydroxylation is 1. The molecule has 0 aliphatic heterocycles. The summed E-state index contributed by atoms with van der Waals surface area (Å²) in [7, 11) is 1.99. The molecule has 2 rings (SSSR count). The van der Waals surface area contributed by atoms with Crippen molar-refractivity contribution in [3.63, 3.8) is 0 Å². The predicted octanol–water partition coefficient (Wildman–Crippen LogP) is 4.98. The first kappa shape index (κ1) is 14.1. The zero-order valence-corrected chi connectivity index (χ0v) is 13.5. The Labute approximate surface area is 125 Å². The first-order valence-electron chi connectivity index (χ1n) is 5.77. The average Bonchev–Trinajstić information content (AvgIpc) is 2.69. The standard InChI is InChI=1S/C14H15BrClNS/c1-9-3-5-10(6-4-9)7-12(17-2)13-8-11(16)14(15)18-13/h3-6,8,12,17H,7H2,1-2H3. The van der Waals surface area contributed by atoms with Crippen LogP contribution in [0.3, 0.4) is 0 Å². The zero-order valence-electron chi connectivity index (χ0n) is 10.3.